The van der Waals surface area contributed by atoms with Crippen molar-refractivity contribution in [3.8, 4) is 0 Å². The van der Waals surface area contributed by atoms with E-state index in [9.17, 15) is 0 Å². The Hall–Kier alpha value is -0.120. The van der Waals surface area contributed by atoms with Gasteiger partial charge in [-0.1, -0.05) is 33.6 Å². The maximum atomic E-state index is 5.77. The van der Waals surface area contributed by atoms with Crippen LogP contribution in [0, 0.1) is 11.8 Å². The summed E-state index contributed by atoms with van der Waals surface area (Å²) in [4.78, 5) is 5.43. The Kier molecular flexibility index (Phi) is 12.0. The monoisotopic (exact) mass is 325 g/mol. The van der Waals surface area contributed by atoms with Crippen LogP contribution < -0.4 is 5.73 Å². The lowest BCUT2D eigenvalue weighted by molar-refractivity contribution is 0.118. The van der Waals surface area contributed by atoms with Gasteiger partial charge in [0.25, 0.3) is 0 Å². The molecule has 2 heterocycles. The van der Waals surface area contributed by atoms with Gasteiger partial charge in [0.2, 0.25) is 0 Å². The van der Waals surface area contributed by atoms with E-state index < -0.39 is 0 Å². The molecule has 3 heteroatoms. The van der Waals surface area contributed by atoms with E-state index in [-0.39, 0.29) is 0 Å². The average molecular weight is 326 g/mol. The third kappa shape index (κ3) is 8.51. The van der Waals surface area contributed by atoms with Crippen molar-refractivity contribution in [3.05, 3.63) is 0 Å². The SMILES string of the molecule is CC.CCCC(CCN)CN1CCC(CN2CCCCC2)CC1. The molecule has 3 nitrogen and oxygen atoms in total. The molecule has 0 radical (unpaired) electrons. The second-order valence-corrected chi connectivity index (χ2v) is 7.34. The van der Waals surface area contributed by atoms with Crippen LogP contribution in [0.15, 0.2) is 0 Å². The van der Waals surface area contributed by atoms with Crippen LogP contribution >= 0.6 is 0 Å². The van der Waals surface area contributed by atoms with Crippen molar-refractivity contribution in [3.63, 3.8) is 0 Å². The number of hydrogen-bond acceptors (Lipinski definition) is 3. The molecule has 0 saturated carbocycles. The molecule has 2 N–H and O–H groups in total. The fourth-order valence-corrected chi connectivity index (χ4v) is 4.19. The molecule has 0 aromatic heterocycles. The van der Waals surface area contributed by atoms with Gasteiger partial charge in [0, 0.05) is 13.1 Å². The van der Waals surface area contributed by atoms with Gasteiger partial charge in [-0.15, -0.1) is 0 Å². The molecule has 0 bridgehead atoms. The molecule has 0 spiro atoms. The number of rotatable bonds is 8. The van der Waals surface area contributed by atoms with Gasteiger partial charge >= 0.3 is 0 Å². The Morgan fingerprint density at radius 1 is 0.913 bits per heavy atom. The Balaban J connectivity index is 0.00000127. The van der Waals surface area contributed by atoms with Gasteiger partial charge in [0.05, 0.1) is 0 Å². The summed E-state index contributed by atoms with van der Waals surface area (Å²) in [5, 5.41) is 0. The molecular formula is C20H43N3. The van der Waals surface area contributed by atoms with E-state index in [4.69, 9.17) is 5.73 Å². The molecule has 2 aliphatic rings. The molecule has 2 saturated heterocycles. The van der Waals surface area contributed by atoms with Crippen LogP contribution in [0.4, 0.5) is 0 Å². The van der Waals surface area contributed by atoms with E-state index in [1.54, 1.807) is 0 Å². The second-order valence-electron chi connectivity index (χ2n) is 7.34. The van der Waals surface area contributed by atoms with Crippen LogP contribution in [-0.4, -0.2) is 55.6 Å². The summed E-state index contributed by atoms with van der Waals surface area (Å²) >= 11 is 0. The highest BCUT2D eigenvalue weighted by Gasteiger charge is 2.23. The predicted molar refractivity (Wildman–Crippen MR) is 103 cm³/mol. The predicted octanol–water partition coefficient (Wildman–Crippen LogP) is 3.98. The summed E-state index contributed by atoms with van der Waals surface area (Å²) in [6.45, 7) is 15.2. The number of hydrogen-bond donors (Lipinski definition) is 1. The summed E-state index contributed by atoms with van der Waals surface area (Å²) in [7, 11) is 0. The summed E-state index contributed by atoms with van der Waals surface area (Å²) in [5.74, 6) is 1.79. The van der Waals surface area contributed by atoms with Gasteiger partial charge in [0.15, 0.2) is 0 Å². The zero-order valence-electron chi connectivity index (χ0n) is 16.2. The fourth-order valence-electron chi connectivity index (χ4n) is 4.19. The van der Waals surface area contributed by atoms with Gasteiger partial charge in [-0.2, -0.15) is 0 Å². The fraction of sp³-hybridized carbons (Fsp3) is 1.00. The van der Waals surface area contributed by atoms with Crippen LogP contribution in [0.3, 0.4) is 0 Å². The van der Waals surface area contributed by atoms with Crippen molar-refractivity contribution in [2.24, 2.45) is 17.6 Å². The van der Waals surface area contributed by atoms with Gasteiger partial charge in [0.1, 0.15) is 0 Å². The normalized spacial score (nSPS) is 22.4. The highest BCUT2D eigenvalue weighted by molar-refractivity contribution is 4.78. The number of likely N-dealkylation sites (tertiary alicyclic amines) is 2. The van der Waals surface area contributed by atoms with Crippen molar-refractivity contribution in [1.82, 2.24) is 9.80 Å². The molecular weight excluding hydrogens is 282 g/mol. The Labute approximate surface area is 146 Å². The summed E-state index contributed by atoms with van der Waals surface area (Å²) in [5.41, 5.74) is 5.77. The second kappa shape index (κ2) is 13.2. The number of piperidine rings is 2. The molecule has 1 atom stereocenters. The summed E-state index contributed by atoms with van der Waals surface area (Å²) in [6.07, 6.45) is 11.0. The van der Waals surface area contributed by atoms with E-state index in [0.717, 1.165) is 18.4 Å². The number of nitrogens with two attached hydrogens (primary N) is 1. The lowest BCUT2D eigenvalue weighted by Crippen LogP contribution is -2.42. The van der Waals surface area contributed by atoms with E-state index in [0.29, 0.717) is 0 Å². The molecule has 1 unspecified atom stereocenters. The van der Waals surface area contributed by atoms with Gasteiger partial charge in [-0.25, -0.2) is 0 Å². The molecule has 0 aromatic rings. The zero-order valence-corrected chi connectivity index (χ0v) is 16.2. The minimum Gasteiger partial charge on any atom is -0.330 e. The van der Waals surface area contributed by atoms with Gasteiger partial charge in [-0.3, -0.25) is 0 Å². The minimum atomic E-state index is 0.832. The van der Waals surface area contributed by atoms with E-state index in [2.05, 4.69) is 16.7 Å². The van der Waals surface area contributed by atoms with Crippen LogP contribution in [0.25, 0.3) is 0 Å². The van der Waals surface area contributed by atoms with Crippen molar-refractivity contribution in [1.29, 1.82) is 0 Å². The quantitative estimate of drug-likeness (QED) is 0.733. The van der Waals surface area contributed by atoms with E-state index in [1.165, 1.54) is 90.6 Å². The lowest BCUT2D eigenvalue weighted by Gasteiger charge is -2.37. The van der Waals surface area contributed by atoms with Crippen molar-refractivity contribution < 1.29 is 0 Å². The van der Waals surface area contributed by atoms with Crippen LogP contribution in [0.2, 0.25) is 0 Å². The molecule has 0 aromatic carbocycles. The standard InChI is InChI=1S/C18H37N3.C2H6/c1-2-6-17(7-10-19)15-21-13-8-18(9-14-21)16-20-11-4-3-5-12-20;1-2/h17-18H,2-16,19H2,1H3;1-2H3. The maximum Gasteiger partial charge on any atom is 0.00106 e. The summed E-state index contributed by atoms with van der Waals surface area (Å²) < 4.78 is 0. The zero-order chi connectivity index (χ0) is 16.9. The third-order valence-corrected chi connectivity index (χ3v) is 5.46. The molecule has 2 rings (SSSR count). The smallest absolute Gasteiger partial charge is 0.00106 e. The largest absolute Gasteiger partial charge is 0.330 e. The van der Waals surface area contributed by atoms with Gasteiger partial charge in [-0.05, 0) is 83.1 Å². The van der Waals surface area contributed by atoms with Crippen LogP contribution in [0.1, 0.15) is 72.1 Å². The Bertz CT molecular complexity index is 250. The first-order valence-electron chi connectivity index (χ1n) is 10.5. The third-order valence-electron chi connectivity index (χ3n) is 5.46. The highest BCUT2D eigenvalue weighted by Crippen LogP contribution is 2.22. The average Bonchev–Trinajstić information content (AvgIpc) is 2.60. The first-order chi connectivity index (χ1) is 11.3. The van der Waals surface area contributed by atoms with E-state index in [1.807, 2.05) is 13.8 Å². The molecule has 23 heavy (non-hydrogen) atoms. The maximum absolute atomic E-state index is 5.77. The topological polar surface area (TPSA) is 32.5 Å². The molecule has 2 aliphatic heterocycles. The lowest BCUT2D eigenvalue weighted by atomic mass is 9.93. The summed E-state index contributed by atoms with van der Waals surface area (Å²) in [6, 6.07) is 0. The van der Waals surface area contributed by atoms with Crippen LogP contribution in [-0.2, 0) is 0 Å². The van der Waals surface area contributed by atoms with Crippen molar-refractivity contribution >= 4 is 0 Å². The first kappa shape index (κ1) is 20.9. The molecule has 138 valence electrons. The van der Waals surface area contributed by atoms with Gasteiger partial charge < -0.3 is 15.5 Å². The van der Waals surface area contributed by atoms with Crippen molar-refractivity contribution in [2.45, 2.75) is 72.1 Å². The van der Waals surface area contributed by atoms with Crippen molar-refractivity contribution in [2.75, 3.05) is 45.8 Å². The minimum absolute atomic E-state index is 0.832. The number of nitrogens with zero attached hydrogens (tertiary/aromatic N) is 2. The molecule has 0 amide bonds. The molecule has 2 fully saturated rings. The first-order valence-corrected chi connectivity index (χ1v) is 10.5. The highest BCUT2D eigenvalue weighted by atomic mass is 15.2. The van der Waals surface area contributed by atoms with E-state index >= 15 is 0 Å². The van der Waals surface area contributed by atoms with Crippen LogP contribution in [0.5, 0.6) is 0 Å². The Morgan fingerprint density at radius 2 is 1.57 bits per heavy atom. The Morgan fingerprint density at radius 3 is 2.13 bits per heavy atom. The molecule has 0 aliphatic carbocycles.